The summed E-state index contributed by atoms with van der Waals surface area (Å²) >= 11 is 0. The number of hydrogen-bond acceptors (Lipinski definition) is 6. The Morgan fingerprint density at radius 3 is 2.40 bits per heavy atom. The molecule has 35 heavy (non-hydrogen) atoms. The zero-order chi connectivity index (χ0) is 24.7. The molecule has 3 heterocycles. The van der Waals surface area contributed by atoms with Gasteiger partial charge in [0.25, 0.3) is 5.91 Å². The van der Waals surface area contributed by atoms with E-state index in [1.807, 2.05) is 0 Å². The number of hydrazone groups is 1. The van der Waals surface area contributed by atoms with Crippen molar-refractivity contribution < 1.29 is 22.4 Å². The molecule has 0 radical (unpaired) electrons. The lowest BCUT2D eigenvalue weighted by Gasteiger charge is -2.26. The zero-order valence-corrected chi connectivity index (χ0v) is 19.9. The smallest absolute Gasteiger partial charge is 0.274 e. The van der Waals surface area contributed by atoms with E-state index >= 15 is 0 Å². The normalized spacial score (nSPS) is 20.6. The molecule has 2 aromatic rings. The molecule has 0 bridgehead atoms. The van der Waals surface area contributed by atoms with Gasteiger partial charge in [-0.2, -0.15) is 9.41 Å². The van der Waals surface area contributed by atoms with Crippen LogP contribution in [0, 0.1) is 5.82 Å². The molecule has 3 aliphatic rings. The summed E-state index contributed by atoms with van der Waals surface area (Å²) in [5, 5.41) is 5.71. The highest BCUT2D eigenvalue weighted by Gasteiger charge is 2.38. The lowest BCUT2D eigenvalue weighted by Crippen LogP contribution is -2.40. The van der Waals surface area contributed by atoms with Crippen LogP contribution >= 0.6 is 0 Å². The van der Waals surface area contributed by atoms with Crippen molar-refractivity contribution in [2.24, 2.45) is 10.8 Å². The minimum absolute atomic E-state index is 0.0266. The van der Waals surface area contributed by atoms with Crippen LogP contribution in [0.2, 0.25) is 0 Å². The molecule has 1 atom stereocenters. The number of amides is 2. The van der Waals surface area contributed by atoms with Crippen LogP contribution in [-0.2, 0) is 26.0 Å². The van der Waals surface area contributed by atoms with Crippen molar-refractivity contribution in [2.75, 3.05) is 29.5 Å². The van der Waals surface area contributed by atoms with E-state index in [9.17, 15) is 22.4 Å². The molecule has 2 N–H and O–H groups in total. The Morgan fingerprint density at radius 2 is 1.71 bits per heavy atom. The van der Waals surface area contributed by atoms with Gasteiger partial charge in [-0.3, -0.25) is 14.6 Å². The molecule has 1 unspecified atom stereocenters. The van der Waals surface area contributed by atoms with Gasteiger partial charge in [-0.25, -0.2) is 12.8 Å². The highest BCUT2D eigenvalue weighted by molar-refractivity contribution is 7.89. The van der Waals surface area contributed by atoms with E-state index < -0.39 is 27.8 Å². The van der Waals surface area contributed by atoms with Gasteiger partial charge >= 0.3 is 0 Å². The lowest BCUT2D eigenvalue weighted by atomic mass is 10.1. The van der Waals surface area contributed by atoms with Gasteiger partial charge in [0.15, 0.2) is 0 Å². The number of carbonyl (C=O) groups excluding carboxylic acids is 2. The van der Waals surface area contributed by atoms with Gasteiger partial charge in [0, 0.05) is 31.7 Å². The average Bonchev–Trinajstić information content (AvgIpc) is 3.49. The number of rotatable bonds is 5. The topological polar surface area (TPSA) is 116 Å². The molecular weight excluding hydrogens is 473 g/mol. The molecule has 184 valence electrons. The second-order valence-electron chi connectivity index (χ2n) is 8.95. The summed E-state index contributed by atoms with van der Waals surface area (Å²) in [7, 11) is -3.57. The van der Waals surface area contributed by atoms with E-state index in [4.69, 9.17) is 5.73 Å². The van der Waals surface area contributed by atoms with Gasteiger partial charge in [-0.1, -0.05) is 6.42 Å². The van der Waals surface area contributed by atoms with Crippen LogP contribution in [0.15, 0.2) is 52.5 Å². The molecule has 0 spiro atoms. The monoisotopic (exact) mass is 499 g/mol. The second kappa shape index (κ2) is 9.04. The Kier molecular flexibility index (Phi) is 6.06. The molecule has 9 nitrogen and oxygen atoms in total. The first-order valence-electron chi connectivity index (χ1n) is 11.6. The molecular formula is C24H26FN5O4S. The zero-order valence-electron chi connectivity index (χ0n) is 19.1. The van der Waals surface area contributed by atoms with Crippen LogP contribution in [0.3, 0.4) is 0 Å². The van der Waals surface area contributed by atoms with Gasteiger partial charge in [-0.05, 0) is 67.3 Å². The summed E-state index contributed by atoms with van der Waals surface area (Å²) in [6.45, 7) is 1.42. The number of nitrogens with zero attached hydrogens (tertiary/aromatic N) is 4. The van der Waals surface area contributed by atoms with Crippen molar-refractivity contribution in [1.29, 1.82) is 0 Å². The fourth-order valence-electron chi connectivity index (χ4n) is 4.85. The van der Waals surface area contributed by atoms with Gasteiger partial charge < -0.3 is 10.6 Å². The van der Waals surface area contributed by atoms with E-state index in [-0.39, 0.29) is 22.9 Å². The SMILES string of the molecule is NC(=O)C1CC(C(=O)N2CCc3cc(S(=O)(=O)N4CCCCC4)ccc32)=NN1c1ccc(F)cc1. The fourth-order valence-corrected chi connectivity index (χ4v) is 6.42. The van der Waals surface area contributed by atoms with Crippen molar-refractivity contribution in [3.8, 4) is 0 Å². The van der Waals surface area contributed by atoms with Crippen molar-refractivity contribution >= 4 is 38.9 Å². The van der Waals surface area contributed by atoms with E-state index in [0.717, 1.165) is 24.8 Å². The molecule has 2 amide bonds. The van der Waals surface area contributed by atoms with Crippen molar-refractivity contribution in [3.63, 3.8) is 0 Å². The number of fused-ring (bicyclic) bond motifs is 1. The largest absolute Gasteiger partial charge is 0.368 e. The quantitative estimate of drug-likeness (QED) is 0.676. The number of primary amides is 1. The Labute approximate surface area is 203 Å². The highest BCUT2D eigenvalue weighted by atomic mass is 32.2. The minimum Gasteiger partial charge on any atom is -0.368 e. The third-order valence-corrected chi connectivity index (χ3v) is 8.62. The number of benzene rings is 2. The summed E-state index contributed by atoms with van der Waals surface area (Å²) in [6.07, 6.45) is 3.29. The van der Waals surface area contributed by atoms with Crippen LogP contribution in [0.25, 0.3) is 0 Å². The molecule has 1 saturated heterocycles. The summed E-state index contributed by atoms with van der Waals surface area (Å²) in [4.78, 5) is 27.2. The van der Waals surface area contributed by atoms with E-state index in [0.29, 0.717) is 37.4 Å². The number of sulfonamides is 1. The van der Waals surface area contributed by atoms with Gasteiger partial charge in [0.05, 0.1) is 10.6 Å². The maximum absolute atomic E-state index is 13.4. The van der Waals surface area contributed by atoms with Crippen LogP contribution in [0.1, 0.15) is 31.2 Å². The Hall–Kier alpha value is -3.31. The van der Waals surface area contributed by atoms with Crippen LogP contribution < -0.4 is 15.6 Å². The van der Waals surface area contributed by atoms with E-state index in [2.05, 4.69) is 5.10 Å². The number of carbonyl (C=O) groups is 2. The summed E-state index contributed by atoms with van der Waals surface area (Å²) in [5.74, 6) is -1.44. The van der Waals surface area contributed by atoms with E-state index in [1.165, 1.54) is 33.6 Å². The lowest BCUT2D eigenvalue weighted by molar-refractivity contribution is -0.119. The number of anilines is 2. The first kappa shape index (κ1) is 23.4. The molecule has 0 saturated carbocycles. The van der Waals surface area contributed by atoms with Crippen LogP contribution in [-0.4, -0.2) is 55.9 Å². The Bertz CT molecular complexity index is 1310. The van der Waals surface area contributed by atoms with Gasteiger partial charge in [0.2, 0.25) is 15.9 Å². The number of hydrogen-bond donors (Lipinski definition) is 1. The van der Waals surface area contributed by atoms with Crippen molar-refractivity contribution in [3.05, 3.63) is 53.8 Å². The molecule has 3 aliphatic heterocycles. The Morgan fingerprint density at radius 1 is 1.00 bits per heavy atom. The third-order valence-electron chi connectivity index (χ3n) is 6.72. The average molecular weight is 500 g/mol. The predicted octanol–water partition coefficient (Wildman–Crippen LogP) is 2.01. The fraction of sp³-hybridized carbons (Fsp3) is 0.375. The van der Waals surface area contributed by atoms with Crippen LogP contribution in [0.4, 0.5) is 15.8 Å². The first-order valence-corrected chi connectivity index (χ1v) is 13.1. The highest BCUT2D eigenvalue weighted by Crippen LogP contribution is 2.33. The summed E-state index contributed by atoms with van der Waals surface area (Å²) in [5.41, 5.74) is 7.57. The molecule has 5 rings (SSSR count). The first-order chi connectivity index (χ1) is 16.8. The standard InChI is InChI=1S/C24H26FN5O4S/c25-17-4-6-18(7-5-17)30-22(23(26)31)15-20(27-30)24(32)29-13-10-16-14-19(8-9-21(16)29)35(33,34)28-11-2-1-3-12-28/h4-9,14,22H,1-3,10-13,15H2,(H2,26,31). The van der Waals surface area contributed by atoms with Crippen LogP contribution in [0.5, 0.6) is 0 Å². The molecule has 11 heteroatoms. The molecule has 1 fully saturated rings. The maximum Gasteiger partial charge on any atom is 0.274 e. The number of piperidine rings is 1. The number of halogens is 1. The summed E-state index contributed by atoms with van der Waals surface area (Å²) < 4.78 is 41.0. The van der Waals surface area contributed by atoms with Crippen molar-refractivity contribution in [1.82, 2.24) is 4.31 Å². The third kappa shape index (κ3) is 4.30. The van der Waals surface area contributed by atoms with Gasteiger partial charge in [-0.15, -0.1) is 0 Å². The van der Waals surface area contributed by atoms with Gasteiger partial charge in [0.1, 0.15) is 17.6 Å². The van der Waals surface area contributed by atoms with Crippen molar-refractivity contribution in [2.45, 2.75) is 43.0 Å². The molecule has 0 aliphatic carbocycles. The predicted molar refractivity (Wildman–Crippen MR) is 129 cm³/mol. The molecule has 2 aromatic carbocycles. The molecule has 0 aromatic heterocycles. The Balaban J connectivity index is 1.39. The maximum atomic E-state index is 13.4. The minimum atomic E-state index is -3.57. The van der Waals surface area contributed by atoms with E-state index in [1.54, 1.807) is 23.1 Å². The number of nitrogens with two attached hydrogens (primary N) is 1. The summed E-state index contributed by atoms with van der Waals surface area (Å²) in [6, 6.07) is 9.43. The second-order valence-corrected chi connectivity index (χ2v) is 10.9.